The lowest BCUT2D eigenvalue weighted by molar-refractivity contribution is 0.176. The number of methoxy groups -OCH3 is 1. The van der Waals surface area contributed by atoms with Crippen molar-refractivity contribution in [2.45, 2.75) is 71.4 Å². The predicted molar refractivity (Wildman–Crippen MR) is 90.0 cm³/mol. The summed E-state index contributed by atoms with van der Waals surface area (Å²) in [5.74, 6) is 1.65. The van der Waals surface area contributed by atoms with E-state index in [0.29, 0.717) is 17.4 Å². The van der Waals surface area contributed by atoms with Gasteiger partial charge in [0.25, 0.3) is 0 Å². The largest absolute Gasteiger partial charge is 0.497 e. The third-order valence-electron chi connectivity index (χ3n) is 4.27. The smallest absolute Gasteiger partial charge is 0.119 e. The van der Waals surface area contributed by atoms with Gasteiger partial charge in [0.05, 0.1) is 7.11 Å². The molecule has 2 rings (SSSR count). The third-order valence-corrected chi connectivity index (χ3v) is 4.27. The Kier molecular flexibility index (Phi) is 4.67. The van der Waals surface area contributed by atoms with Crippen molar-refractivity contribution in [3.8, 4) is 5.75 Å². The van der Waals surface area contributed by atoms with Gasteiger partial charge in [0.1, 0.15) is 5.75 Å². The molecule has 0 heterocycles. The summed E-state index contributed by atoms with van der Waals surface area (Å²) in [6, 6.07) is 9.17. The maximum Gasteiger partial charge on any atom is 0.119 e. The summed E-state index contributed by atoms with van der Waals surface area (Å²) < 4.78 is 5.32. The molecule has 0 aliphatic heterocycles. The molecule has 2 nitrogen and oxygen atoms in total. The van der Waals surface area contributed by atoms with Crippen LogP contribution in [0.25, 0.3) is 0 Å². The first kappa shape index (κ1) is 16.4. The van der Waals surface area contributed by atoms with Crippen molar-refractivity contribution in [3.05, 3.63) is 29.8 Å². The highest BCUT2D eigenvalue weighted by Gasteiger charge is 2.35. The van der Waals surface area contributed by atoms with Crippen LogP contribution in [-0.4, -0.2) is 18.7 Å². The van der Waals surface area contributed by atoms with E-state index in [1.54, 1.807) is 7.11 Å². The molecule has 1 aromatic rings. The molecular formula is C19H31NO. The SMILES string of the molecule is COc1cccc(C2CC(NC(C)(C)CC(C)(C)C)C2)c1. The molecule has 1 saturated carbocycles. The molecule has 0 spiro atoms. The molecule has 0 saturated heterocycles. The zero-order chi connectivity index (χ0) is 15.7. The van der Waals surface area contributed by atoms with E-state index in [9.17, 15) is 0 Å². The Morgan fingerprint density at radius 2 is 1.81 bits per heavy atom. The van der Waals surface area contributed by atoms with Crippen LogP contribution in [0.1, 0.15) is 65.4 Å². The Labute approximate surface area is 130 Å². The van der Waals surface area contributed by atoms with Crippen LogP contribution >= 0.6 is 0 Å². The number of hydrogen-bond donors (Lipinski definition) is 1. The molecule has 21 heavy (non-hydrogen) atoms. The Morgan fingerprint density at radius 3 is 2.38 bits per heavy atom. The van der Waals surface area contributed by atoms with E-state index in [0.717, 1.165) is 5.75 Å². The van der Waals surface area contributed by atoms with E-state index >= 15 is 0 Å². The average Bonchev–Trinajstić information content (AvgIpc) is 2.30. The monoisotopic (exact) mass is 289 g/mol. The molecule has 1 aliphatic carbocycles. The van der Waals surface area contributed by atoms with Crippen molar-refractivity contribution in [3.63, 3.8) is 0 Å². The van der Waals surface area contributed by atoms with E-state index in [2.05, 4.69) is 58.1 Å². The molecule has 0 radical (unpaired) electrons. The van der Waals surface area contributed by atoms with Crippen LogP contribution in [0.15, 0.2) is 24.3 Å². The van der Waals surface area contributed by atoms with Gasteiger partial charge in [-0.05, 0) is 62.1 Å². The highest BCUT2D eigenvalue weighted by molar-refractivity contribution is 5.32. The maximum atomic E-state index is 5.32. The van der Waals surface area contributed by atoms with Gasteiger partial charge in [0, 0.05) is 11.6 Å². The first-order valence-electron chi connectivity index (χ1n) is 8.10. The number of benzene rings is 1. The maximum absolute atomic E-state index is 5.32. The topological polar surface area (TPSA) is 21.3 Å². The molecule has 1 aliphatic rings. The number of nitrogens with one attached hydrogen (secondary N) is 1. The van der Waals surface area contributed by atoms with Crippen LogP contribution in [0, 0.1) is 5.41 Å². The minimum absolute atomic E-state index is 0.211. The van der Waals surface area contributed by atoms with E-state index in [1.165, 1.54) is 24.8 Å². The van der Waals surface area contributed by atoms with Crippen LogP contribution in [-0.2, 0) is 0 Å². The van der Waals surface area contributed by atoms with Crippen molar-refractivity contribution in [2.75, 3.05) is 7.11 Å². The van der Waals surface area contributed by atoms with Gasteiger partial charge in [-0.15, -0.1) is 0 Å². The molecule has 2 heteroatoms. The Bertz CT molecular complexity index is 467. The van der Waals surface area contributed by atoms with E-state index in [-0.39, 0.29) is 5.54 Å². The number of rotatable bonds is 5. The average molecular weight is 289 g/mol. The fourth-order valence-corrected chi connectivity index (χ4v) is 3.83. The van der Waals surface area contributed by atoms with Gasteiger partial charge >= 0.3 is 0 Å². The van der Waals surface area contributed by atoms with Crippen LogP contribution in [0.3, 0.4) is 0 Å². The minimum atomic E-state index is 0.211. The van der Waals surface area contributed by atoms with Crippen LogP contribution in [0.4, 0.5) is 0 Å². The summed E-state index contributed by atoms with van der Waals surface area (Å²) in [6.07, 6.45) is 3.67. The van der Waals surface area contributed by atoms with Gasteiger partial charge in [-0.25, -0.2) is 0 Å². The van der Waals surface area contributed by atoms with Crippen molar-refractivity contribution < 1.29 is 4.74 Å². The molecular weight excluding hydrogens is 258 g/mol. The molecule has 0 bridgehead atoms. The second-order valence-electron chi connectivity index (χ2n) is 8.41. The number of hydrogen-bond acceptors (Lipinski definition) is 2. The molecule has 118 valence electrons. The van der Waals surface area contributed by atoms with Crippen LogP contribution < -0.4 is 10.1 Å². The first-order chi connectivity index (χ1) is 9.68. The third kappa shape index (κ3) is 4.74. The fourth-order valence-electron chi connectivity index (χ4n) is 3.83. The van der Waals surface area contributed by atoms with Crippen molar-refractivity contribution >= 4 is 0 Å². The minimum Gasteiger partial charge on any atom is -0.497 e. The van der Waals surface area contributed by atoms with E-state index in [4.69, 9.17) is 4.74 Å². The zero-order valence-electron chi connectivity index (χ0n) is 14.5. The summed E-state index contributed by atoms with van der Waals surface area (Å²) >= 11 is 0. The van der Waals surface area contributed by atoms with Crippen LogP contribution in [0.2, 0.25) is 0 Å². The van der Waals surface area contributed by atoms with Gasteiger partial charge in [-0.3, -0.25) is 0 Å². The molecule has 1 N–H and O–H groups in total. The van der Waals surface area contributed by atoms with Crippen molar-refractivity contribution in [1.29, 1.82) is 0 Å². The Morgan fingerprint density at radius 1 is 1.14 bits per heavy atom. The van der Waals surface area contributed by atoms with E-state index in [1.807, 2.05) is 6.07 Å². The zero-order valence-corrected chi connectivity index (χ0v) is 14.5. The summed E-state index contributed by atoms with van der Waals surface area (Å²) in [5.41, 5.74) is 2.00. The molecule has 1 fully saturated rings. The molecule has 1 aromatic carbocycles. The van der Waals surface area contributed by atoms with Gasteiger partial charge in [-0.2, -0.15) is 0 Å². The van der Waals surface area contributed by atoms with E-state index < -0.39 is 0 Å². The van der Waals surface area contributed by atoms with Gasteiger partial charge in [-0.1, -0.05) is 32.9 Å². The van der Waals surface area contributed by atoms with Gasteiger partial charge < -0.3 is 10.1 Å². The highest BCUT2D eigenvalue weighted by Crippen LogP contribution is 2.39. The summed E-state index contributed by atoms with van der Waals surface area (Å²) in [4.78, 5) is 0. The Hall–Kier alpha value is -1.02. The van der Waals surface area contributed by atoms with Gasteiger partial charge in [0.15, 0.2) is 0 Å². The number of ether oxygens (including phenoxy) is 1. The van der Waals surface area contributed by atoms with Crippen LogP contribution in [0.5, 0.6) is 5.75 Å². The van der Waals surface area contributed by atoms with Crippen molar-refractivity contribution in [1.82, 2.24) is 5.32 Å². The lowest BCUT2D eigenvalue weighted by Crippen LogP contribution is -2.52. The molecule has 0 atom stereocenters. The molecule has 0 aromatic heterocycles. The standard InChI is InChI=1S/C19H31NO/c1-18(2,3)13-19(4,5)20-16-10-15(11-16)14-8-7-9-17(12-14)21-6/h7-9,12,15-16,20H,10-11,13H2,1-6H3. The molecule has 0 amide bonds. The highest BCUT2D eigenvalue weighted by atomic mass is 16.5. The summed E-state index contributed by atoms with van der Waals surface area (Å²) in [7, 11) is 1.74. The second-order valence-corrected chi connectivity index (χ2v) is 8.41. The summed E-state index contributed by atoms with van der Waals surface area (Å²) in [6.45, 7) is 11.6. The molecule has 0 unspecified atom stereocenters. The fraction of sp³-hybridized carbons (Fsp3) is 0.684. The van der Waals surface area contributed by atoms with Crippen molar-refractivity contribution in [2.24, 2.45) is 5.41 Å². The lowest BCUT2D eigenvalue weighted by Gasteiger charge is -2.43. The van der Waals surface area contributed by atoms with Gasteiger partial charge in [0.2, 0.25) is 0 Å². The Balaban J connectivity index is 1.86. The quantitative estimate of drug-likeness (QED) is 0.845. The summed E-state index contributed by atoms with van der Waals surface area (Å²) in [5, 5.41) is 3.85. The second kappa shape index (κ2) is 6.00. The lowest BCUT2D eigenvalue weighted by atomic mass is 9.73. The normalized spacial score (nSPS) is 22.8. The predicted octanol–water partition coefficient (Wildman–Crippen LogP) is 4.75. The first-order valence-corrected chi connectivity index (χ1v) is 8.10.